The third-order valence-corrected chi connectivity index (χ3v) is 2.02. The van der Waals surface area contributed by atoms with Gasteiger partial charge in [-0.15, -0.1) is 0 Å². The molecule has 0 aromatic heterocycles. The predicted octanol–water partition coefficient (Wildman–Crippen LogP) is 1.93. The van der Waals surface area contributed by atoms with Crippen LogP contribution in [0.2, 0.25) is 0 Å². The second kappa shape index (κ2) is 3.54. The first kappa shape index (κ1) is 8.81. The molecule has 3 heteroatoms. The minimum atomic E-state index is -0.360. The summed E-state index contributed by atoms with van der Waals surface area (Å²) in [5.74, 6) is 0.525. The van der Waals surface area contributed by atoms with Crippen LogP contribution >= 0.6 is 0 Å². The molecule has 0 spiro atoms. The zero-order chi connectivity index (χ0) is 9.97. The largest absolute Gasteiger partial charge is 0.468 e. The van der Waals surface area contributed by atoms with Gasteiger partial charge in [0.15, 0.2) is 12.0 Å². The summed E-state index contributed by atoms with van der Waals surface area (Å²) in [7, 11) is 0. The number of anilines is 1. The van der Waals surface area contributed by atoms with Gasteiger partial charge in [-0.25, -0.2) is 0 Å². The fraction of sp³-hybridized carbons (Fsp3) is 0.182. The first-order chi connectivity index (χ1) is 6.75. The summed E-state index contributed by atoms with van der Waals surface area (Å²) >= 11 is 0. The first-order valence-electron chi connectivity index (χ1n) is 4.50. The maximum atomic E-state index is 11.1. The number of ketones is 1. The van der Waals surface area contributed by atoms with Gasteiger partial charge in [0.05, 0.1) is 0 Å². The Morgan fingerprint density at radius 3 is 2.57 bits per heavy atom. The van der Waals surface area contributed by atoms with Crippen molar-refractivity contribution in [3.8, 4) is 0 Å². The van der Waals surface area contributed by atoms with E-state index in [2.05, 4.69) is 5.32 Å². The molecular weight excluding hydrogens is 178 g/mol. The van der Waals surface area contributed by atoms with Crippen LogP contribution in [0.5, 0.6) is 0 Å². The van der Waals surface area contributed by atoms with Crippen molar-refractivity contribution >= 4 is 11.5 Å². The molecule has 1 N–H and O–H groups in total. The van der Waals surface area contributed by atoms with Crippen molar-refractivity contribution in [2.45, 2.75) is 13.0 Å². The Morgan fingerprint density at radius 1 is 1.29 bits per heavy atom. The lowest BCUT2D eigenvalue weighted by Gasteiger charge is -2.08. The minimum Gasteiger partial charge on any atom is -0.468 e. The van der Waals surface area contributed by atoms with Crippen molar-refractivity contribution in [1.82, 2.24) is 0 Å². The Labute approximate surface area is 82.4 Å². The van der Waals surface area contributed by atoms with Crippen LogP contribution < -0.4 is 5.32 Å². The number of hydrogen-bond acceptors (Lipinski definition) is 3. The van der Waals surface area contributed by atoms with E-state index >= 15 is 0 Å². The summed E-state index contributed by atoms with van der Waals surface area (Å²) in [6, 6.07) is 9.60. The molecule has 1 aliphatic heterocycles. The van der Waals surface area contributed by atoms with Crippen LogP contribution in [0.3, 0.4) is 0 Å². The highest BCUT2D eigenvalue weighted by atomic mass is 16.5. The summed E-state index contributed by atoms with van der Waals surface area (Å²) in [5, 5.41) is 3.02. The predicted molar refractivity (Wildman–Crippen MR) is 53.7 cm³/mol. The molecule has 1 aromatic rings. The molecule has 3 nitrogen and oxygen atoms in total. The van der Waals surface area contributed by atoms with Gasteiger partial charge >= 0.3 is 0 Å². The van der Waals surface area contributed by atoms with Gasteiger partial charge in [-0.1, -0.05) is 18.2 Å². The van der Waals surface area contributed by atoms with E-state index in [1.807, 2.05) is 30.3 Å². The van der Waals surface area contributed by atoms with Crippen molar-refractivity contribution in [2.24, 2.45) is 0 Å². The number of para-hydroxylation sites is 1. The van der Waals surface area contributed by atoms with Gasteiger partial charge in [-0.3, -0.25) is 4.79 Å². The van der Waals surface area contributed by atoms with Gasteiger partial charge in [0.25, 0.3) is 0 Å². The van der Waals surface area contributed by atoms with E-state index < -0.39 is 0 Å². The first-order valence-corrected chi connectivity index (χ1v) is 4.50. The summed E-state index contributed by atoms with van der Waals surface area (Å²) in [4.78, 5) is 11.1. The lowest BCUT2D eigenvalue weighted by molar-refractivity contribution is -0.119. The monoisotopic (exact) mass is 189 g/mol. The average Bonchev–Trinajstić information content (AvgIpc) is 2.47. The lowest BCUT2D eigenvalue weighted by Crippen LogP contribution is -2.11. The standard InChI is InChI=1S/C11H11NO2/c1-8-10(13)7-11(14-8)12-9-5-3-2-4-6-9/h2-8,12H,1H3. The highest BCUT2D eigenvalue weighted by Crippen LogP contribution is 2.16. The van der Waals surface area contributed by atoms with E-state index in [1.165, 1.54) is 6.08 Å². The normalized spacial score (nSPS) is 20.2. The van der Waals surface area contributed by atoms with Crippen molar-refractivity contribution < 1.29 is 9.53 Å². The highest BCUT2D eigenvalue weighted by molar-refractivity contribution is 5.96. The smallest absolute Gasteiger partial charge is 0.201 e. The Kier molecular flexibility index (Phi) is 2.23. The van der Waals surface area contributed by atoms with E-state index in [-0.39, 0.29) is 11.9 Å². The third-order valence-electron chi connectivity index (χ3n) is 2.02. The molecule has 1 heterocycles. The highest BCUT2D eigenvalue weighted by Gasteiger charge is 2.21. The average molecular weight is 189 g/mol. The van der Waals surface area contributed by atoms with Crippen LogP contribution in [0.4, 0.5) is 5.69 Å². The number of rotatable bonds is 2. The van der Waals surface area contributed by atoms with E-state index in [1.54, 1.807) is 6.92 Å². The molecule has 0 bridgehead atoms. The van der Waals surface area contributed by atoms with E-state index in [0.29, 0.717) is 5.88 Å². The summed E-state index contributed by atoms with van der Waals surface area (Å²) in [5.41, 5.74) is 0.917. The summed E-state index contributed by atoms with van der Waals surface area (Å²) < 4.78 is 5.28. The fourth-order valence-electron chi connectivity index (χ4n) is 1.26. The third kappa shape index (κ3) is 1.76. The van der Waals surface area contributed by atoms with E-state index in [0.717, 1.165) is 5.69 Å². The van der Waals surface area contributed by atoms with E-state index in [4.69, 9.17) is 4.74 Å². The van der Waals surface area contributed by atoms with Gasteiger partial charge in [0, 0.05) is 11.8 Å². The number of hydrogen-bond donors (Lipinski definition) is 1. The number of ether oxygens (including phenoxy) is 1. The molecule has 1 unspecified atom stereocenters. The van der Waals surface area contributed by atoms with Crippen molar-refractivity contribution in [2.75, 3.05) is 5.32 Å². The van der Waals surface area contributed by atoms with Gasteiger partial charge in [-0.05, 0) is 19.1 Å². The Hall–Kier alpha value is -1.77. The molecule has 1 aliphatic rings. The SMILES string of the molecule is CC1OC(Nc2ccccc2)=CC1=O. The number of carbonyl (C=O) groups excluding carboxylic acids is 1. The van der Waals surface area contributed by atoms with Crippen LogP contribution in [-0.4, -0.2) is 11.9 Å². The number of nitrogens with one attached hydrogen (secondary N) is 1. The maximum absolute atomic E-state index is 11.1. The Balaban J connectivity index is 2.07. The van der Waals surface area contributed by atoms with Crippen LogP contribution in [0.1, 0.15) is 6.92 Å². The van der Waals surface area contributed by atoms with Crippen LogP contribution in [-0.2, 0) is 9.53 Å². The lowest BCUT2D eigenvalue weighted by atomic mass is 10.3. The van der Waals surface area contributed by atoms with Gasteiger partial charge < -0.3 is 10.1 Å². The van der Waals surface area contributed by atoms with E-state index in [9.17, 15) is 4.79 Å². The molecule has 72 valence electrons. The number of benzene rings is 1. The molecule has 0 amide bonds. The maximum Gasteiger partial charge on any atom is 0.201 e. The molecule has 0 aliphatic carbocycles. The number of carbonyl (C=O) groups is 1. The Morgan fingerprint density at radius 2 is 2.00 bits per heavy atom. The van der Waals surface area contributed by atoms with Crippen LogP contribution in [0.15, 0.2) is 42.3 Å². The quantitative estimate of drug-likeness (QED) is 0.772. The molecule has 14 heavy (non-hydrogen) atoms. The molecule has 2 rings (SSSR count). The molecule has 1 atom stereocenters. The summed E-state index contributed by atoms with van der Waals surface area (Å²) in [6.45, 7) is 1.73. The van der Waals surface area contributed by atoms with Gasteiger partial charge in [0.1, 0.15) is 0 Å². The van der Waals surface area contributed by atoms with Crippen molar-refractivity contribution in [3.63, 3.8) is 0 Å². The molecule has 0 radical (unpaired) electrons. The second-order valence-electron chi connectivity index (χ2n) is 3.16. The Bertz CT molecular complexity index is 370. The zero-order valence-corrected chi connectivity index (χ0v) is 7.86. The summed E-state index contributed by atoms with van der Waals surface area (Å²) in [6.07, 6.45) is 1.12. The topological polar surface area (TPSA) is 38.3 Å². The molecule has 0 saturated carbocycles. The molecular formula is C11H11NO2. The molecule has 1 aromatic carbocycles. The second-order valence-corrected chi connectivity index (χ2v) is 3.16. The zero-order valence-electron chi connectivity index (χ0n) is 7.86. The van der Waals surface area contributed by atoms with Crippen molar-refractivity contribution in [3.05, 3.63) is 42.3 Å². The molecule has 0 saturated heterocycles. The molecule has 0 fully saturated rings. The minimum absolute atomic E-state index is 0.00318. The van der Waals surface area contributed by atoms with Crippen molar-refractivity contribution in [1.29, 1.82) is 0 Å². The van der Waals surface area contributed by atoms with Gasteiger partial charge in [0.2, 0.25) is 5.78 Å². The fourth-order valence-corrected chi connectivity index (χ4v) is 1.26. The van der Waals surface area contributed by atoms with Crippen LogP contribution in [0, 0.1) is 0 Å². The van der Waals surface area contributed by atoms with Crippen LogP contribution in [0.25, 0.3) is 0 Å². The van der Waals surface area contributed by atoms with Gasteiger partial charge in [-0.2, -0.15) is 0 Å².